The Labute approximate surface area is 121 Å². The Bertz CT molecular complexity index is 569. The second-order valence-electron chi connectivity index (χ2n) is 5.08. The van der Waals surface area contributed by atoms with Gasteiger partial charge in [0, 0.05) is 17.4 Å². The Morgan fingerprint density at radius 2 is 2.00 bits per heavy atom. The number of nitrogens with one attached hydrogen (secondary N) is 1. The van der Waals surface area contributed by atoms with Gasteiger partial charge >= 0.3 is 0 Å². The molecule has 0 radical (unpaired) electrons. The summed E-state index contributed by atoms with van der Waals surface area (Å²) in [6.45, 7) is 3.86. The van der Waals surface area contributed by atoms with Crippen LogP contribution in [-0.4, -0.2) is 23.2 Å². The number of carbonyl (C=O) groups excluding carboxylic acids is 2. The fraction of sp³-hybridized carbons (Fsp3) is 0.385. The first-order chi connectivity index (χ1) is 9.13. The molecule has 0 aliphatic rings. The summed E-state index contributed by atoms with van der Waals surface area (Å²) in [4.78, 5) is 33.4. The van der Waals surface area contributed by atoms with Crippen molar-refractivity contribution in [2.75, 3.05) is 11.9 Å². The minimum absolute atomic E-state index is 0.269. The molecular weight excluding hydrogens is 284 g/mol. The van der Waals surface area contributed by atoms with E-state index in [1.54, 1.807) is 0 Å². The second kappa shape index (κ2) is 6.00. The van der Waals surface area contributed by atoms with Gasteiger partial charge in [-0.25, -0.2) is 0 Å². The number of rotatable bonds is 5. The predicted octanol–water partition coefficient (Wildman–Crippen LogP) is 2.78. The van der Waals surface area contributed by atoms with E-state index in [9.17, 15) is 19.7 Å². The summed E-state index contributed by atoms with van der Waals surface area (Å²) < 4.78 is 0. The maximum absolute atomic E-state index is 12.3. The summed E-state index contributed by atoms with van der Waals surface area (Å²) in [6.07, 6.45) is 0. The Balaban J connectivity index is 3.10. The highest BCUT2D eigenvalue weighted by Gasteiger charge is 2.34. The number of hydrogen-bond acceptors (Lipinski definition) is 4. The molecule has 0 fully saturated rings. The molecule has 0 heterocycles. The van der Waals surface area contributed by atoms with Crippen LogP contribution in [0.25, 0.3) is 0 Å². The average Bonchev–Trinajstić information content (AvgIpc) is 2.28. The molecule has 1 amide bonds. The van der Waals surface area contributed by atoms with Gasteiger partial charge in [0.05, 0.1) is 16.1 Å². The fourth-order valence-electron chi connectivity index (χ4n) is 1.74. The lowest BCUT2D eigenvalue weighted by Gasteiger charge is -2.18. The topological polar surface area (TPSA) is 89.3 Å². The molecule has 7 heteroatoms. The average molecular weight is 299 g/mol. The quantitative estimate of drug-likeness (QED) is 0.514. The van der Waals surface area contributed by atoms with Crippen molar-refractivity contribution >= 4 is 29.0 Å². The predicted molar refractivity (Wildman–Crippen MR) is 75.7 cm³/mol. The van der Waals surface area contributed by atoms with Crippen LogP contribution in [0.4, 0.5) is 5.69 Å². The van der Waals surface area contributed by atoms with Gasteiger partial charge in [0.15, 0.2) is 5.78 Å². The van der Waals surface area contributed by atoms with E-state index in [0.29, 0.717) is 10.7 Å². The first-order valence-corrected chi connectivity index (χ1v) is 6.25. The highest BCUT2D eigenvalue weighted by Crippen LogP contribution is 2.28. The van der Waals surface area contributed by atoms with E-state index >= 15 is 0 Å². The van der Waals surface area contributed by atoms with Crippen molar-refractivity contribution in [2.45, 2.75) is 20.8 Å². The van der Waals surface area contributed by atoms with Crippen molar-refractivity contribution in [1.82, 2.24) is 0 Å². The molecule has 0 unspecified atom stereocenters. The number of nitrogens with zero attached hydrogens (tertiary/aromatic N) is 1. The van der Waals surface area contributed by atoms with Crippen LogP contribution in [-0.2, 0) is 4.79 Å². The van der Waals surface area contributed by atoms with Crippen LogP contribution < -0.4 is 5.32 Å². The van der Waals surface area contributed by atoms with Crippen molar-refractivity contribution < 1.29 is 14.5 Å². The number of hydrogen-bond donors (Lipinski definition) is 1. The maximum Gasteiger partial charge on any atom is 0.221 e. The molecule has 6 nitrogen and oxygen atoms in total. The third-order valence-corrected chi connectivity index (χ3v) is 3.01. The summed E-state index contributed by atoms with van der Waals surface area (Å²) >= 11 is 5.91. The summed E-state index contributed by atoms with van der Waals surface area (Å²) in [5, 5.41) is 13.4. The van der Waals surface area contributed by atoms with Crippen LogP contribution >= 0.6 is 11.6 Å². The largest absolute Gasteiger partial charge is 0.325 e. The molecule has 0 atom stereocenters. The first kappa shape index (κ1) is 16.1. The van der Waals surface area contributed by atoms with Crippen molar-refractivity contribution in [3.63, 3.8) is 0 Å². The van der Waals surface area contributed by atoms with Gasteiger partial charge in [0.25, 0.3) is 0 Å². The molecule has 20 heavy (non-hydrogen) atoms. The highest BCUT2D eigenvalue weighted by molar-refractivity contribution is 6.33. The molecule has 0 saturated heterocycles. The molecule has 1 aromatic rings. The van der Waals surface area contributed by atoms with E-state index in [1.165, 1.54) is 39.0 Å². The number of benzene rings is 1. The van der Waals surface area contributed by atoms with Gasteiger partial charge < -0.3 is 5.32 Å². The monoisotopic (exact) mass is 298 g/mol. The van der Waals surface area contributed by atoms with Gasteiger partial charge in [-0.1, -0.05) is 11.6 Å². The Hall–Kier alpha value is -1.95. The lowest BCUT2D eigenvalue weighted by Crippen LogP contribution is -2.32. The Morgan fingerprint density at radius 1 is 1.40 bits per heavy atom. The van der Waals surface area contributed by atoms with Crippen LogP contribution in [0.3, 0.4) is 0 Å². The Kier molecular flexibility index (Phi) is 4.83. The molecule has 0 saturated carbocycles. The lowest BCUT2D eigenvalue weighted by molar-refractivity contribution is -0.491. The third kappa shape index (κ3) is 4.03. The number of ketones is 1. The van der Waals surface area contributed by atoms with Gasteiger partial charge in [-0.3, -0.25) is 19.7 Å². The standard InChI is InChI=1S/C13H15ClN2O4/c1-8(17)15-11-6-9(4-5-10(11)14)12(18)13(2,3)7-16(19)20/h4-6H,7H2,1-3H3,(H,15,17). The number of amides is 1. The Morgan fingerprint density at radius 3 is 2.50 bits per heavy atom. The zero-order chi connectivity index (χ0) is 15.5. The molecule has 0 aromatic heterocycles. The zero-order valence-electron chi connectivity index (χ0n) is 11.4. The summed E-state index contributed by atoms with van der Waals surface area (Å²) in [5.41, 5.74) is -0.558. The molecule has 0 bridgehead atoms. The fourth-order valence-corrected chi connectivity index (χ4v) is 1.90. The van der Waals surface area contributed by atoms with E-state index in [1.807, 2.05) is 0 Å². The number of anilines is 1. The van der Waals surface area contributed by atoms with Gasteiger partial charge in [-0.05, 0) is 32.0 Å². The molecular formula is C13H15ClN2O4. The van der Waals surface area contributed by atoms with Gasteiger partial charge in [0.1, 0.15) is 0 Å². The van der Waals surface area contributed by atoms with Crippen LogP contribution in [0.15, 0.2) is 18.2 Å². The van der Waals surface area contributed by atoms with Crippen LogP contribution in [0.5, 0.6) is 0 Å². The number of nitro groups is 1. The summed E-state index contributed by atoms with van der Waals surface area (Å²) in [5.74, 6) is -0.696. The number of halogens is 1. The summed E-state index contributed by atoms with van der Waals surface area (Å²) in [7, 11) is 0. The van der Waals surface area contributed by atoms with E-state index in [0.717, 1.165) is 0 Å². The molecule has 0 aliphatic carbocycles. The number of carbonyl (C=O) groups is 2. The van der Waals surface area contributed by atoms with Crippen LogP contribution in [0, 0.1) is 15.5 Å². The van der Waals surface area contributed by atoms with Crippen molar-refractivity contribution in [3.05, 3.63) is 38.9 Å². The lowest BCUT2D eigenvalue weighted by atomic mass is 9.84. The second-order valence-corrected chi connectivity index (χ2v) is 5.49. The first-order valence-electron chi connectivity index (χ1n) is 5.87. The van der Waals surface area contributed by atoms with Gasteiger partial charge in [-0.15, -0.1) is 0 Å². The zero-order valence-corrected chi connectivity index (χ0v) is 12.2. The SMILES string of the molecule is CC(=O)Nc1cc(C(=O)C(C)(C)C[N+](=O)[O-])ccc1Cl. The highest BCUT2D eigenvalue weighted by atomic mass is 35.5. The molecule has 1 aromatic carbocycles. The third-order valence-electron chi connectivity index (χ3n) is 2.68. The van der Waals surface area contributed by atoms with Crippen molar-refractivity contribution in [1.29, 1.82) is 0 Å². The van der Waals surface area contributed by atoms with Crippen molar-refractivity contribution in [3.8, 4) is 0 Å². The van der Waals surface area contributed by atoms with Crippen molar-refractivity contribution in [2.24, 2.45) is 5.41 Å². The van der Waals surface area contributed by atoms with Gasteiger partial charge in [0.2, 0.25) is 12.5 Å². The van der Waals surface area contributed by atoms with E-state index in [4.69, 9.17) is 11.6 Å². The summed E-state index contributed by atoms with van der Waals surface area (Å²) in [6, 6.07) is 4.38. The molecule has 1 rings (SSSR count). The van der Waals surface area contributed by atoms with Crippen LogP contribution in [0.2, 0.25) is 5.02 Å². The maximum atomic E-state index is 12.3. The molecule has 1 N–H and O–H groups in total. The molecule has 0 spiro atoms. The van der Waals surface area contributed by atoms with Crippen LogP contribution in [0.1, 0.15) is 31.1 Å². The van der Waals surface area contributed by atoms with E-state index in [-0.39, 0.29) is 17.3 Å². The van der Waals surface area contributed by atoms with E-state index < -0.39 is 16.9 Å². The number of Topliss-reactive ketones (excluding diaryl/α,β-unsaturated/α-hetero) is 1. The van der Waals surface area contributed by atoms with E-state index in [2.05, 4.69) is 5.32 Å². The normalized spacial score (nSPS) is 11.0. The van der Waals surface area contributed by atoms with Gasteiger partial charge in [-0.2, -0.15) is 0 Å². The smallest absolute Gasteiger partial charge is 0.221 e. The molecule has 108 valence electrons. The minimum atomic E-state index is -1.13. The minimum Gasteiger partial charge on any atom is -0.325 e. The molecule has 0 aliphatic heterocycles.